The molecule has 1 unspecified atom stereocenters. The van der Waals surface area contributed by atoms with Gasteiger partial charge in [-0.1, -0.05) is 89.9 Å². The molecule has 2 aliphatic carbocycles. The van der Waals surface area contributed by atoms with E-state index in [2.05, 4.69) is 0 Å². The Morgan fingerprint density at radius 2 is 1.36 bits per heavy atom. The quantitative estimate of drug-likeness (QED) is 0.138. The fourth-order valence-corrected chi connectivity index (χ4v) is 6.87. The van der Waals surface area contributed by atoms with Crippen molar-refractivity contribution in [2.45, 2.75) is 139 Å². The zero-order valence-corrected chi connectivity index (χ0v) is 21.4. The third-order valence-corrected chi connectivity index (χ3v) is 8.83. The van der Waals surface area contributed by atoms with Crippen LogP contribution >= 0.6 is 0 Å². The van der Waals surface area contributed by atoms with Crippen LogP contribution in [0, 0.1) is 5.41 Å². The van der Waals surface area contributed by atoms with Gasteiger partial charge in [0.25, 0.3) is 6.47 Å². The standard InChI is InChI=1S/C28H50O5/c1-30-27-19-21-33-25(27)28(31-2)23-26(28,22-27)18-16-14-12-10-8-6-4-3-5-7-9-11-13-15-17-20-32-24-29/h24-25H,3-23H2,1-2H3/t25?,26-,27-,28+/m1/s1/i21T/t21-,25?,26+,27+,28-/m0. The summed E-state index contributed by atoms with van der Waals surface area (Å²) >= 11 is 0. The molecule has 3 rings (SSSR count). The summed E-state index contributed by atoms with van der Waals surface area (Å²) in [7, 11) is 3.61. The highest BCUT2D eigenvalue weighted by molar-refractivity contribution is 5.36. The minimum atomic E-state index is -0.470. The molecule has 1 saturated heterocycles. The summed E-state index contributed by atoms with van der Waals surface area (Å²) in [6, 6.07) is 0. The maximum absolute atomic E-state index is 10.1. The van der Waals surface area contributed by atoms with E-state index in [4.69, 9.17) is 20.3 Å². The third kappa shape index (κ3) is 6.52. The van der Waals surface area contributed by atoms with Gasteiger partial charge in [-0.3, -0.25) is 4.79 Å². The van der Waals surface area contributed by atoms with Crippen molar-refractivity contribution in [1.29, 1.82) is 0 Å². The van der Waals surface area contributed by atoms with Crippen molar-refractivity contribution in [3.05, 3.63) is 0 Å². The predicted molar refractivity (Wildman–Crippen MR) is 131 cm³/mol. The van der Waals surface area contributed by atoms with Gasteiger partial charge in [-0.25, -0.2) is 0 Å². The molecule has 192 valence electrons. The molecule has 1 heterocycles. The number of hydrogen-bond acceptors (Lipinski definition) is 5. The highest BCUT2D eigenvalue weighted by Crippen LogP contribution is 2.76. The SMILES string of the molecule is [3H][C@H]1C[C@@]2(OC)C[C@]3(CCCCCCCCCCCCCCCCCOC=O)C[C@]3(OC)C2O1. The van der Waals surface area contributed by atoms with Crippen LogP contribution in [-0.2, 0) is 23.7 Å². The first kappa shape index (κ1) is 25.4. The Bertz CT molecular complexity index is 603. The lowest BCUT2D eigenvalue weighted by molar-refractivity contribution is -0.128. The highest BCUT2D eigenvalue weighted by Gasteiger charge is 2.83. The number of carbonyl (C=O) groups is 1. The predicted octanol–water partition coefficient (Wildman–Crippen LogP) is 6.75. The monoisotopic (exact) mass is 468 g/mol. The molecule has 0 aromatic heterocycles. The average Bonchev–Trinajstić information content (AvgIpc) is 3.24. The molecule has 0 radical (unpaired) electrons. The Kier molecular flexibility index (Phi) is 10.4. The molecule has 0 spiro atoms. The molecule has 1 aliphatic heterocycles. The van der Waals surface area contributed by atoms with Crippen LogP contribution in [0.15, 0.2) is 0 Å². The summed E-state index contributed by atoms with van der Waals surface area (Å²) in [6.45, 7) is 0.654. The Hall–Kier alpha value is -0.650. The van der Waals surface area contributed by atoms with E-state index in [0.717, 1.165) is 19.3 Å². The molecule has 0 bridgehead atoms. The molecule has 0 aromatic carbocycles. The van der Waals surface area contributed by atoms with E-state index < -0.39 is 6.58 Å². The molecule has 2 saturated carbocycles. The first-order valence-electron chi connectivity index (χ1n) is 14.4. The number of fused-ring (bicyclic) bond motifs is 3. The topological polar surface area (TPSA) is 54.0 Å². The van der Waals surface area contributed by atoms with E-state index in [-0.39, 0.29) is 22.7 Å². The summed E-state index contributed by atoms with van der Waals surface area (Å²) < 4.78 is 30.8. The van der Waals surface area contributed by atoms with Gasteiger partial charge in [-0.15, -0.1) is 0 Å². The molecule has 0 amide bonds. The van der Waals surface area contributed by atoms with Crippen LogP contribution in [-0.4, -0.2) is 51.2 Å². The van der Waals surface area contributed by atoms with Crippen molar-refractivity contribution < 1.29 is 25.1 Å². The van der Waals surface area contributed by atoms with Gasteiger partial charge < -0.3 is 18.9 Å². The second kappa shape index (κ2) is 13.4. The second-order valence-corrected chi connectivity index (χ2v) is 10.9. The van der Waals surface area contributed by atoms with Crippen LogP contribution in [0.3, 0.4) is 0 Å². The summed E-state index contributed by atoms with van der Waals surface area (Å²) in [6.07, 6.45) is 23.6. The van der Waals surface area contributed by atoms with Gasteiger partial charge in [-0.05, 0) is 25.7 Å². The zero-order chi connectivity index (χ0) is 24.3. The first-order valence-corrected chi connectivity index (χ1v) is 13.8. The molecular formula is C28H50O5. The lowest BCUT2D eigenvalue weighted by Crippen LogP contribution is -2.44. The first-order chi connectivity index (χ1) is 16.6. The van der Waals surface area contributed by atoms with Gasteiger partial charge in [-0.2, -0.15) is 0 Å². The van der Waals surface area contributed by atoms with Gasteiger partial charge in [0.15, 0.2) is 0 Å². The lowest BCUT2D eigenvalue weighted by atomic mass is 9.87. The number of carbonyl (C=O) groups excluding carboxylic acids is 1. The Labute approximate surface area is 204 Å². The number of unbranched alkanes of at least 4 members (excludes halogenated alkanes) is 14. The summed E-state index contributed by atoms with van der Waals surface area (Å²) in [5.74, 6) is 0. The average molecular weight is 469 g/mol. The van der Waals surface area contributed by atoms with E-state index in [1.54, 1.807) is 7.11 Å². The van der Waals surface area contributed by atoms with Crippen LogP contribution in [0.25, 0.3) is 0 Å². The largest absolute Gasteiger partial charge is 0.468 e. The summed E-state index contributed by atoms with van der Waals surface area (Å²) in [5.41, 5.74) is -0.286. The highest BCUT2D eigenvalue weighted by atomic mass is 16.6. The molecule has 3 fully saturated rings. The van der Waals surface area contributed by atoms with Gasteiger partial charge in [0, 0.05) is 26.1 Å². The molecule has 5 heteroatoms. The van der Waals surface area contributed by atoms with Crippen molar-refractivity contribution >= 4 is 6.47 Å². The molecule has 3 aliphatic rings. The number of rotatable bonds is 21. The summed E-state index contributed by atoms with van der Waals surface area (Å²) in [4.78, 5) is 10.1. The molecular weight excluding hydrogens is 416 g/mol. The molecule has 0 aromatic rings. The van der Waals surface area contributed by atoms with E-state index in [1.165, 1.54) is 96.3 Å². The van der Waals surface area contributed by atoms with Gasteiger partial charge in [0.05, 0.1) is 20.2 Å². The van der Waals surface area contributed by atoms with Crippen LogP contribution in [0.5, 0.6) is 0 Å². The fourth-order valence-electron chi connectivity index (χ4n) is 6.87. The third-order valence-electron chi connectivity index (χ3n) is 8.83. The van der Waals surface area contributed by atoms with Crippen molar-refractivity contribution in [2.75, 3.05) is 27.4 Å². The lowest BCUT2D eigenvalue weighted by Gasteiger charge is -2.31. The molecule has 5 nitrogen and oxygen atoms in total. The second-order valence-electron chi connectivity index (χ2n) is 10.9. The summed E-state index contributed by atoms with van der Waals surface area (Å²) in [5, 5.41) is 0. The van der Waals surface area contributed by atoms with Crippen molar-refractivity contribution in [3.8, 4) is 0 Å². The van der Waals surface area contributed by atoms with E-state index in [1.807, 2.05) is 7.11 Å². The molecule has 33 heavy (non-hydrogen) atoms. The van der Waals surface area contributed by atoms with Crippen LogP contribution < -0.4 is 0 Å². The Morgan fingerprint density at radius 1 is 0.818 bits per heavy atom. The fraction of sp³-hybridized carbons (Fsp3) is 0.964. The van der Waals surface area contributed by atoms with Crippen LogP contribution in [0.4, 0.5) is 0 Å². The Morgan fingerprint density at radius 3 is 1.88 bits per heavy atom. The number of hydrogen-bond donors (Lipinski definition) is 0. The van der Waals surface area contributed by atoms with E-state index >= 15 is 0 Å². The number of methoxy groups -OCH3 is 2. The molecule has 5 atom stereocenters. The number of ether oxygens (including phenoxy) is 4. The maximum atomic E-state index is 10.1. The van der Waals surface area contributed by atoms with Crippen LogP contribution in [0.2, 0.25) is 0 Å². The Balaban J connectivity index is 1.13. The van der Waals surface area contributed by atoms with Gasteiger partial charge >= 0.3 is 0 Å². The van der Waals surface area contributed by atoms with E-state index in [9.17, 15) is 4.79 Å². The van der Waals surface area contributed by atoms with Crippen molar-refractivity contribution in [1.82, 2.24) is 0 Å². The smallest absolute Gasteiger partial charge is 0.293 e. The molecule has 0 N–H and O–H groups in total. The van der Waals surface area contributed by atoms with Gasteiger partial charge in [0.2, 0.25) is 0 Å². The van der Waals surface area contributed by atoms with Crippen molar-refractivity contribution in [3.63, 3.8) is 0 Å². The minimum absolute atomic E-state index is 0.0631. The minimum Gasteiger partial charge on any atom is -0.468 e. The normalized spacial score (nSPS) is 34.7. The van der Waals surface area contributed by atoms with Crippen molar-refractivity contribution in [2.24, 2.45) is 5.41 Å². The zero-order valence-electron chi connectivity index (χ0n) is 22.4. The maximum Gasteiger partial charge on any atom is 0.293 e. The van der Waals surface area contributed by atoms with E-state index in [0.29, 0.717) is 19.5 Å². The van der Waals surface area contributed by atoms with Crippen LogP contribution in [0.1, 0.15) is 123 Å². The van der Waals surface area contributed by atoms with Gasteiger partial charge in [0.1, 0.15) is 11.7 Å².